The van der Waals surface area contributed by atoms with Crippen LogP contribution in [0.4, 0.5) is 22.0 Å². The molecular formula is C29H25F5. The molecule has 4 rings (SSSR count). The molecule has 0 heterocycles. The minimum atomic E-state index is -4.79. The Balaban J connectivity index is 1.58. The molecule has 0 aromatic heterocycles. The first-order chi connectivity index (χ1) is 16.3. The van der Waals surface area contributed by atoms with Crippen molar-refractivity contribution in [2.24, 2.45) is 0 Å². The van der Waals surface area contributed by atoms with Crippen LogP contribution in [-0.2, 0) is 25.4 Å². The number of rotatable bonds is 7. The van der Waals surface area contributed by atoms with E-state index in [2.05, 4.69) is 25.1 Å². The van der Waals surface area contributed by atoms with Crippen molar-refractivity contribution in [1.29, 1.82) is 0 Å². The van der Waals surface area contributed by atoms with E-state index >= 15 is 4.39 Å². The summed E-state index contributed by atoms with van der Waals surface area (Å²) in [5, 5.41) is 1.05. The van der Waals surface area contributed by atoms with Crippen LogP contribution in [0, 0.1) is 11.6 Å². The quantitative estimate of drug-likeness (QED) is 0.238. The SMILES string of the molecule is CCCCc1ccccc1CCc1ccc2c(F)c(-c3ccc(C(F)(F)F)c(F)c3)ccc2c1. The lowest BCUT2D eigenvalue weighted by Crippen LogP contribution is -2.07. The maximum absolute atomic E-state index is 15.2. The molecule has 0 atom stereocenters. The first-order valence-corrected chi connectivity index (χ1v) is 11.4. The molecular weight excluding hydrogens is 443 g/mol. The van der Waals surface area contributed by atoms with Gasteiger partial charge in [0.05, 0.1) is 5.56 Å². The van der Waals surface area contributed by atoms with Crippen LogP contribution in [0.1, 0.15) is 42.0 Å². The number of aryl methyl sites for hydroxylation is 3. The van der Waals surface area contributed by atoms with Crippen LogP contribution in [0.3, 0.4) is 0 Å². The molecule has 0 nitrogen and oxygen atoms in total. The fourth-order valence-corrected chi connectivity index (χ4v) is 4.32. The molecule has 4 aromatic carbocycles. The van der Waals surface area contributed by atoms with E-state index in [0.717, 1.165) is 49.8 Å². The number of unbranched alkanes of at least 4 members (excludes halogenated alkanes) is 1. The summed E-state index contributed by atoms with van der Waals surface area (Å²) in [6, 6.07) is 19.6. The van der Waals surface area contributed by atoms with Crippen LogP contribution in [0.25, 0.3) is 21.9 Å². The van der Waals surface area contributed by atoms with Gasteiger partial charge in [-0.3, -0.25) is 0 Å². The fraction of sp³-hybridized carbons (Fsp3) is 0.241. The smallest absolute Gasteiger partial charge is 0.206 e. The van der Waals surface area contributed by atoms with E-state index in [0.29, 0.717) is 16.8 Å². The van der Waals surface area contributed by atoms with E-state index in [1.807, 2.05) is 18.2 Å². The molecule has 0 amide bonds. The van der Waals surface area contributed by atoms with Gasteiger partial charge >= 0.3 is 6.18 Å². The zero-order valence-electron chi connectivity index (χ0n) is 18.9. The summed E-state index contributed by atoms with van der Waals surface area (Å²) in [6.45, 7) is 2.18. The molecule has 176 valence electrons. The maximum Gasteiger partial charge on any atom is 0.419 e. The van der Waals surface area contributed by atoms with Crippen molar-refractivity contribution in [2.75, 3.05) is 0 Å². The van der Waals surface area contributed by atoms with Crippen LogP contribution in [0.5, 0.6) is 0 Å². The summed E-state index contributed by atoms with van der Waals surface area (Å²) in [7, 11) is 0. The predicted octanol–water partition coefficient (Wildman–Crippen LogP) is 8.93. The van der Waals surface area contributed by atoms with Gasteiger partial charge in [0.15, 0.2) is 0 Å². The highest BCUT2D eigenvalue weighted by Gasteiger charge is 2.34. The molecule has 0 N–H and O–H groups in total. The van der Waals surface area contributed by atoms with E-state index in [9.17, 15) is 17.6 Å². The molecule has 34 heavy (non-hydrogen) atoms. The van der Waals surface area contributed by atoms with Gasteiger partial charge in [-0.05, 0) is 65.5 Å². The third-order valence-corrected chi connectivity index (χ3v) is 6.21. The van der Waals surface area contributed by atoms with E-state index in [-0.39, 0.29) is 11.1 Å². The van der Waals surface area contributed by atoms with Gasteiger partial charge in [0.25, 0.3) is 0 Å². The molecule has 0 radical (unpaired) electrons. The number of hydrogen-bond donors (Lipinski definition) is 0. The molecule has 0 saturated carbocycles. The summed E-state index contributed by atoms with van der Waals surface area (Å²) in [6.07, 6.45) is 0.257. The van der Waals surface area contributed by atoms with Gasteiger partial charge < -0.3 is 0 Å². The monoisotopic (exact) mass is 468 g/mol. The number of benzene rings is 4. The standard InChI is InChI=1S/C29H25F5/c1-2-3-6-20-7-4-5-8-21(20)11-9-19-10-14-24-22(17-19)12-15-25(28(24)31)23-13-16-26(27(30)18-23)29(32,33)34/h4-5,7-8,10,12-18H,2-3,6,9,11H2,1H3. The summed E-state index contributed by atoms with van der Waals surface area (Å²) in [5.74, 6) is -1.99. The van der Waals surface area contributed by atoms with Crippen LogP contribution in [0.2, 0.25) is 0 Å². The lowest BCUT2D eigenvalue weighted by molar-refractivity contribution is -0.139. The third-order valence-electron chi connectivity index (χ3n) is 6.21. The molecule has 0 spiro atoms. The highest BCUT2D eigenvalue weighted by molar-refractivity contribution is 5.88. The van der Waals surface area contributed by atoms with Crippen molar-refractivity contribution in [1.82, 2.24) is 0 Å². The Labute approximate surface area is 196 Å². The Bertz CT molecular complexity index is 1300. The van der Waals surface area contributed by atoms with Crippen molar-refractivity contribution in [3.05, 3.63) is 107 Å². The molecule has 0 aliphatic heterocycles. The summed E-state index contributed by atoms with van der Waals surface area (Å²) in [5.41, 5.74) is 2.53. The zero-order valence-corrected chi connectivity index (χ0v) is 18.9. The van der Waals surface area contributed by atoms with Gasteiger partial charge in [0.2, 0.25) is 0 Å². The molecule has 5 heteroatoms. The Hall–Kier alpha value is -3.21. The average Bonchev–Trinajstić information content (AvgIpc) is 2.81. The van der Waals surface area contributed by atoms with Gasteiger partial charge in [-0.1, -0.05) is 74.0 Å². The van der Waals surface area contributed by atoms with E-state index < -0.39 is 23.4 Å². The second kappa shape index (κ2) is 9.96. The third kappa shape index (κ3) is 5.14. The van der Waals surface area contributed by atoms with Crippen molar-refractivity contribution in [3.8, 4) is 11.1 Å². The molecule has 0 fully saturated rings. The Morgan fingerprint density at radius 3 is 2.15 bits per heavy atom. The topological polar surface area (TPSA) is 0 Å². The molecule has 0 saturated heterocycles. The maximum atomic E-state index is 15.2. The Morgan fingerprint density at radius 2 is 1.47 bits per heavy atom. The van der Waals surface area contributed by atoms with Gasteiger partial charge in [-0.15, -0.1) is 0 Å². The van der Waals surface area contributed by atoms with E-state index in [4.69, 9.17) is 0 Å². The minimum absolute atomic E-state index is 0.0673. The van der Waals surface area contributed by atoms with Gasteiger partial charge in [-0.2, -0.15) is 13.2 Å². The van der Waals surface area contributed by atoms with Crippen molar-refractivity contribution >= 4 is 10.8 Å². The predicted molar refractivity (Wildman–Crippen MR) is 127 cm³/mol. The van der Waals surface area contributed by atoms with Gasteiger partial charge in [0.1, 0.15) is 11.6 Å². The highest BCUT2D eigenvalue weighted by atomic mass is 19.4. The van der Waals surface area contributed by atoms with Crippen LogP contribution >= 0.6 is 0 Å². The van der Waals surface area contributed by atoms with Crippen molar-refractivity contribution in [3.63, 3.8) is 0 Å². The fourth-order valence-electron chi connectivity index (χ4n) is 4.32. The molecule has 4 aromatic rings. The lowest BCUT2D eigenvalue weighted by Gasteiger charge is -2.12. The van der Waals surface area contributed by atoms with Crippen LogP contribution < -0.4 is 0 Å². The molecule has 0 bridgehead atoms. The summed E-state index contributed by atoms with van der Waals surface area (Å²) in [4.78, 5) is 0. The minimum Gasteiger partial charge on any atom is -0.206 e. The van der Waals surface area contributed by atoms with Gasteiger partial charge in [-0.25, -0.2) is 8.78 Å². The Kier molecular flexibility index (Phi) is 7.01. The second-order valence-corrected chi connectivity index (χ2v) is 8.55. The Morgan fingerprint density at radius 1 is 0.735 bits per heavy atom. The number of hydrogen-bond acceptors (Lipinski definition) is 0. The summed E-state index contributed by atoms with van der Waals surface area (Å²) >= 11 is 0. The molecule has 0 unspecified atom stereocenters. The number of fused-ring (bicyclic) bond motifs is 1. The first-order valence-electron chi connectivity index (χ1n) is 11.4. The normalized spacial score (nSPS) is 11.8. The second-order valence-electron chi connectivity index (χ2n) is 8.55. The largest absolute Gasteiger partial charge is 0.419 e. The first kappa shape index (κ1) is 23.9. The van der Waals surface area contributed by atoms with Crippen LogP contribution in [0.15, 0.2) is 72.8 Å². The average molecular weight is 469 g/mol. The zero-order chi connectivity index (χ0) is 24.3. The molecule has 0 aliphatic carbocycles. The number of halogens is 5. The highest BCUT2D eigenvalue weighted by Crippen LogP contribution is 2.35. The molecule has 0 aliphatic rings. The summed E-state index contributed by atoms with van der Waals surface area (Å²) < 4.78 is 67.8. The van der Waals surface area contributed by atoms with Crippen molar-refractivity contribution < 1.29 is 22.0 Å². The lowest BCUT2D eigenvalue weighted by atomic mass is 9.94. The van der Waals surface area contributed by atoms with Crippen molar-refractivity contribution in [2.45, 2.75) is 45.2 Å². The van der Waals surface area contributed by atoms with Gasteiger partial charge in [0, 0.05) is 10.9 Å². The van der Waals surface area contributed by atoms with E-state index in [1.165, 1.54) is 17.2 Å². The van der Waals surface area contributed by atoms with Crippen LogP contribution in [-0.4, -0.2) is 0 Å². The van der Waals surface area contributed by atoms with E-state index in [1.54, 1.807) is 12.1 Å². The number of alkyl halides is 3.